The van der Waals surface area contributed by atoms with Crippen molar-refractivity contribution in [3.8, 4) is 16.9 Å². The maximum atomic E-state index is 14.1. The standard InChI is InChI=1S/C17H18F3NO/c1-10(7-8-21)11-3-6-15(22-2)13(9-11)12-4-5-14(18)17(20)16(12)19/h3-6,9-10H,7-8,21H2,1-2H3. The first-order valence-corrected chi connectivity index (χ1v) is 7.01. The Morgan fingerprint density at radius 3 is 2.41 bits per heavy atom. The van der Waals surface area contributed by atoms with Crippen molar-refractivity contribution in [1.82, 2.24) is 0 Å². The molecule has 0 bridgehead atoms. The van der Waals surface area contributed by atoms with Gasteiger partial charge in [-0.2, -0.15) is 0 Å². The third-order valence-electron chi connectivity index (χ3n) is 3.72. The average molecular weight is 309 g/mol. The lowest BCUT2D eigenvalue weighted by Crippen LogP contribution is -2.05. The molecule has 22 heavy (non-hydrogen) atoms. The smallest absolute Gasteiger partial charge is 0.195 e. The summed E-state index contributed by atoms with van der Waals surface area (Å²) in [5.74, 6) is -3.36. The van der Waals surface area contributed by atoms with Crippen LogP contribution in [0.15, 0.2) is 30.3 Å². The van der Waals surface area contributed by atoms with Gasteiger partial charge in [-0.1, -0.05) is 13.0 Å². The Hall–Kier alpha value is -2.01. The highest BCUT2D eigenvalue weighted by Crippen LogP contribution is 2.36. The number of halogens is 3. The monoisotopic (exact) mass is 309 g/mol. The van der Waals surface area contributed by atoms with Gasteiger partial charge in [0.2, 0.25) is 0 Å². The zero-order valence-electron chi connectivity index (χ0n) is 12.5. The molecule has 1 atom stereocenters. The van der Waals surface area contributed by atoms with Gasteiger partial charge >= 0.3 is 0 Å². The van der Waals surface area contributed by atoms with Gasteiger partial charge in [0.05, 0.1) is 7.11 Å². The summed E-state index contributed by atoms with van der Waals surface area (Å²) in [5.41, 5.74) is 6.85. The molecule has 0 fully saturated rings. The number of ether oxygens (including phenoxy) is 1. The maximum Gasteiger partial charge on any atom is 0.195 e. The topological polar surface area (TPSA) is 35.2 Å². The number of benzene rings is 2. The number of nitrogens with two attached hydrogens (primary N) is 1. The molecule has 0 radical (unpaired) electrons. The number of rotatable bonds is 5. The van der Waals surface area contributed by atoms with Gasteiger partial charge in [-0.3, -0.25) is 0 Å². The van der Waals surface area contributed by atoms with Crippen molar-refractivity contribution in [3.63, 3.8) is 0 Å². The van der Waals surface area contributed by atoms with Crippen molar-refractivity contribution in [2.24, 2.45) is 5.73 Å². The van der Waals surface area contributed by atoms with Crippen LogP contribution in [0.3, 0.4) is 0 Å². The molecule has 0 aromatic heterocycles. The molecule has 5 heteroatoms. The van der Waals surface area contributed by atoms with Crippen LogP contribution in [0, 0.1) is 17.5 Å². The lowest BCUT2D eigenvalue weighted by Gasteiger charge is -2.16. The van der Waals surface area contributed by atoms with Crippen LogP contribution in [0.4, 0.5) is 13.2 Å². The van der Waals surface area contributed by atoms with Crippen LogP contribution in [0.5, 0.6) is 5.75 Å². The van der Waals surface area contributed by atoms with E-state index in [2.05, 4.69) is 0 Å². The second-order valence-corrected chi connectivity index (χ2v) is 5.16. The Balaban J connectivity index is 2.58. The van der Waals surface area contributed by atoms with Crippen molar-refractivity contribution in [1.29, 1.82) is 0 Å². The molecule has 2 N–H and O–H groups in total. The van der Waals surface area contributed by atoms with E-state index in [1.165, 1.54) is 13.2 Å². The maximum absolute atomic E-state index is 14.1. The van der Waals surface area contributed by atoms with Gasteiger partial charge in [0.15, 0.2) is 17.5 Å². The van der Waals surface area contributed by atoms with Crippen molar-refractivity contribution in [2.75, 3.05) is 13.7 Å². The summed E-state index contributed by atoms with van der Waals surface area (Å²) in [6.45, 7) is 2.53. The van der Waals surface area contributed by atoms with Crippen LogP contribution in [-0.2, 0) is 0 Å². The van der Waals surface area contributed by atoms with E-state index in [0.29, 0.717) is 17.9 Å². The van der Waals surface area contributed by atoms with Crippen LogP contribution in [0.2, 0.25) is 0 Å². The van der Waals surface area contributed by atoms with Gasteiger partial charge < -0.3 is 10.5 Å². The summed E-state index contributed by atoms with van der Waals surface area (Å²) in [6.07, 6.45) is 0.770. The zero-order chi connectivity index (χ0) is 16.3. The van der Waals surface area contributed by atoms with E-state index in [1.54, 1.807) is 12.1 Å². The Bertz CT molecular complexity index is 673. The zero-order valence-corrected chi connectivity index (χ0v) is 12.5. The van der Waals surface area contributed by atoms with Crippen LogP contribution < -0.4 is 10.5 Å². The van der Waals surface area contributed by atoms with E-state index >= 15 is 0 Å². The highest BCUT2D eigenvalue weighted by Gasteiger charge is 2.18. The number of hydrogen-bond donors (Lipinski definition) is 1. The van der Waals surface area contributed by atoms with E-state index in [-0.39, 0.29) is 11.5 Å². The lowest BCUT2D eigenvalue weighted by atomic mass is 9.93. The second kappa shape index (κ2) is 6.83. The molecule has 2 nitrogen and oxygen atoms in total. The van der Waals surface area contributed by atoms with E-state index in [1.807, 2.05) is 13.0 Å². The lowest BCUT2D eigenvalue weighted by molar-refractivity contribution is 0.415. The average Bonchev–Trinajstić information content (AvgIpc) is 2.52. The Morgan fingerprint density at radius 1 is 1.05 bits per heavy atom. The minimum atomic E-state index is -1.49. The normalized spacial score (nSPS) is 12.3. The molecule has 2 aromatic rings. The van der Waals surface area contributed by atoms with Crippen LogP contribution in [-0.4, -0.2) is 13.7 Å². The Morgan fingerprint density at radius 2 is 1.77 bits per heavy atom. The molecule has 2 rings (SSSR count). The molecule has 0 amide bonds. The van der Waals surface area contributed by atoms with E-state index < -0.39 is 17.5 Å². The summed E-state index contributed by atoms with van der Waals surface area (Å²) < 4.78 is 45.9. The quantitative estimate of drug-likeness (QED) is 0.839. The summed E-state index contributed by atoms with van der Waals surface area (Å²) in [7, 11) is 1.44. The third kappa shape index (κ3) is 3.09. The molecular weight excluding hydrogens is 291 g/mol. The molecule has 118 valence electrons. The number of methoxy groups -OCH3 is 1. The van der Waals surface area contributed by atoms with Gasteiger partial charge in [-0.15, -0.1) is 0 Å². The molecule has 1 unspecified atom stereocenters. The van der Waals surface area contributed by atoms with Crippen molar-refractivity contribution in [2.45, 2.75) is 19.3 Å². The van der Waals surface area contributed by atoms with Gasteiger partial charge in [0.1, 0.15) is 5.75 Å². The molecule has 0 heterocycles. The molecule has 0 aliphatic heterocycles. The first kappa shape index (κ1) is 16.4. The molecule has 0 saturated heterocycles. The fraction of sp³-hybridized carbons (Fsp3) is 0.294. The summed E-state index contributed by atoms with van der Waals surface area (Å²) in [4.78, 5) is 0. The molecule has 0 spiro atoms. The molecule has 0 saturated carbocycles. The number of hydrogen-bond acceptors (Lipinski definition) is 2. The minimum absolute atomic E-state index is 0.0300. The van der Waals surface area contributed by atoms with E-state index in [4.69, 9.17) is 10.5 Å². The minimum Gasteiger partial charge on any atom is -0.496 e. The molecule has 0 aliphatic carbocycles. The van der Waals surface area contributed by atoms with Crippen molar-refractivity contribution >= 4 is 0 Å². The molecule has 2 aromatic carbocycles. The fourth-order valence-corrected chi connectivity index (χ4v) is 2.39. The Kier molecular flexibility index (Phi) is 5.08. The third-order valence-corrected chi connectivity index (χ3v) is 3.72. The summed E-state index contributed by atoms with van der Waals surface area (Å²) in [5, 5.41) is 0. The first-order valence-electron chi connectivity index (χ1n) is 7.01. The summed E-state index contributed by atoms with van der Waals surface area (Å²) >= 11 is 0. The summed E-state index contributed by atoms with van der Waals surface area (Å²) in [6, 6.07) is 7.40. The van der Waals surface area contributed by atoms with Crippen molar-refractivity contribution in [3.05, 3.63) is 53.3 Å². The predicted molar refractivity (Wildman–Crippen MR) is 80.4 cm³/mol. The SMILES string of the molecule is COc1ccc(C(C)CCN)cc1-c1ccc(F)c(F)c1F. The van der Waals surface area contributed by atoms with E-state index in [0.717, 1.165) is 18.1 Å². The van der Waals surface area contributed by atoms with Crippen LogP contribution in [0.1, 0.15) is 24.8 Å². The van der Waals surface area contributed by atoms with Gasteiger partial charge in [0, 0.05) is 11.1 Å². The molecular formula is C17H18F3NO. The van der Waals surface area contributed by atoms with Crippen LogP contribution in [0.25, 0.3) is 11.1 Å². The Labute approximate surface area is 127 Å². The first-order chi connectivity index (χ1) is 10.5. The highest BCUT2D eigenvalue weighted by atomic mass is 19.2. The highest BCUT2D eigenvalue weighted by molar-refractivity contribution is 5.72. The largest absolute Gasteiger partial charge is 0.496 e. The van der Waals surface area contributed by atoms with Gasteiger partial charge in [-0.05, 0) is 48.7 Å². The predicted octanol–water partition coefficient (Wildman–Crippen LogP) is 4.23. The van der Waals surface area contributed by atoms with Gasteiger partial charge in [-0.25, -0.2) is 13.2 Å². The van der Waals surface area contributed by atoms with Crippen molar-refractivity contribution < 1.29 is 17.9 Å². The fourth-order valence-electron chi connectivity index (χ4n) is 2.39. The van der Waals surface area contributed by atoms with Gasteiger partial charge in [0.25, 0.3) is 0 Å². The van der Waals surface area contributed by atoms with Crippen LogP contribution >= 0.6 is 0 Å². The van der Waals surface area contributed by atoms with E-state index in [9.17, 15) is 13.2 Å². The second-order valence-electron chi connectivity index (χ2n) is 5.16. The molecule has 0 aliphatic rings.